The lowest BCUT2D eigenvalue weighted by atomic mass is 10.2. The Labute approximate surface area is 130 Å². The maximum atomic E-state index is 12.1. The maximum Gasteiger partial charge on any atom is 0.266 e. The molecule has 0 saturated carbocycles. The van der Waals surface area contributed by atoms with Crippen LogP contribution in [0, 0.1) is 17.2 Å². The molecule has 0 aliphatic carbocycles. The van der Waals surface area contributed by atoms with Crippen LogP contribution >= 0.6 is 22.7 Å². The number of anilines is 1. The largest absolute Gasteiger partial charge is 0.351 e. The predicted octanol–water partition coefficient (Wildman–Crippen LogP) is 2.95. The van der Waals surface area contributed by atoms with Crippen LogP contribution in [0.5, 0.6) is 0 Å². The number of nitrogens with zero attached hydrogens (tertiary/aromatic N) is 1. The van der Waals surface area contributed by atoms with Crippen molar-refractivity contribution in [2.45, 2.75) is 6.92 Å². The summed E-state index contributed by atoms with van der Waals surface area (Å²) in [7, 11) is 0. The van der Waals surface area contributed by atoms with Gasteiger partial charge in [-0.1, -0.05) is 6.07 Å². The first-order valence-electron chi connectivity index (χ1n) is 6.22. The average molecular weight is 319 g/mol. The third kappa shape index (κ3) is 3.90. The van der Waals surface area contributed by atoms with E-state index in [1.54, 1.807) is 30.5 Å². The lowest BCUT2D eigenvalue weighted by molar-refractivity contribution is 0.0952. The second kappa shape index (κ2) is 7.02. The van der Waals surface area contributed by atoms with Crippen molar-refractivity contribution in [2.24, 2.45) is 5.92 Å². The van der Waals surface area contributed by atoms with Gasteiger partial charge in [-0.15, -0.1) is 22.7 Å². The summed E-state index contributed by atoms with van der Waals surface area (Å²) < 4.78 is 0. The van der Waals surface area contributed by atoms with E-state index in [0.717, 1.165) is 0 Å². The van der Waals surface area contributed by atoms with Gasteiger partial charge in [0.05, 0.1) is 22.4 Å². The van der Waals surface area contributed by atoms with E-state index in [-0.39, 0.29) is 24.3 Å². The molecule has 2 N–H and O–H groups in total. The molecule has 0 radical (unpaired) electrons. The zero-order valence-electron chi connectivity index (χ0n) is 11.3. The molecule has 0 spiro atoms. The normalized spacial score (nSPS) is 11.4. The first kappa shape index (κ1) is 15.2. The molecule has 5 nitrogen and oxygen atoms in total. The zero-order valence-corrected chi connectivity index (χ0v) is 12.9. The van der Waals surface area contributed by atoms with Crippen LogP contribution in [0.25, 0.3) is 0 Å². The predicted molar refractivity (Wildman–Crippen MR) is 83.7 cm³/mol. The molecule has 0 bridgehead atoms. The van der Waals surface area contributed by atoms with Crippen molar-refractivity contribution < 1.29 is 9.59 Å². The molecule has 2 aromatic rings. The van der Waals surface area contributed by atoms with Crippen molar-refractivity contribution in [1.29, 1.82) is 5.26 Å². The zero-order chi connectivity index (χ0) is 15.2. The van der Waals surface area contributed by atoms with Gasteiger partial charge in [0, 0.05) is 6.54 Å². The molecule has 0 saturated heterocycles. The molecule has 7 heteroatoms. The van der Waals surface area contributed by atoms with E-state index < -0.39 is 0 Å². The van der Waals surface area contributed by atoms with E-state index in [0.29, 0.717) is 15.4 Å². The van der Waals surface area contributed by atoms with E-state index in [2.05, 4.69) is 16.7 Å². The minimum absolute atomic E-state index is 0.230. The summed E-state index contributed by atoms with van der Waals surface area (Å²) in [6, 6.07) is 7.22. The summed E-state index contributed by atoms with van der Waals surface area (Å²) >= 11 is 2.63. The quantitative estimate of drug-likeness (QED) is 0.889. The van der Waals surface area contributed by atoms with Gasteiger partial charge in [0.25, 0.3) is 11.8 Å². The van der Waals surface area contributed by atoms with E-state index in [1.807, 2.05) is 5.38 Å². The highest BCUT2D eigenvalue weighted by Gasteiger charge is 2.16. The van der Waals surface area contributed by atoms with Crippen LogP contribution in [0.15, 0.2) is 29.0 Å². The summed E-state index contributed by atoms with van der Waals surface area (Å²) in [6.07, 6.45) is 0. The highest BCUT2D eigenvalue weighted by Crippen LogP contribution is 2.24. The highest BCUT2D eigenvalue weighted by molar-refractivity contribution is 7.15. The van der Waals surface area contributed by atoms with Crippen LogP contribution < -0.4 is 10.6 Å². The Hall–Kier alpha value is -2.17. The summed E-state index contributed by atoms with van der Waals surface area (Å²) in [5.41, 5.74) is 0.412. The van der Waals surface area contributed by atoms with Gasteiger partial charge in [-0.2, -0.15) is 5.26 Å². The Morgan fingerprint density at radius 2 is 2.10 bits per heavy atom. The van der Waals surface area contributed by atoms with Crippen molar-refractivity contribution >= 4 is 39.5 Å². The third-order valence-corrected chi connectivity index (χ3v) is 4.37. The number of hydrogen-bond acceptors (Lipinski definition) is 5. The van der Waals surface area contributed by atoms with Crippen molar-refractivity contribution in [3.8, 4) is 6.07 Å². The first-order valence-corrected chi connectivity index (χ1v) is 7.98. The molecule has 2 heterocycles. The number of carbonyl (C=O) groups excluding carboxylic acids is 2. The Balaban J connectivity index is 2.03. The molecule has 0 unspecified atom stereocenters. The summed E-state index contributed by atoms with van der Waals surface area (Å²) in [5.74, 6) is -0.775. The molecule has 21 heavy (non-hydrogen) atoms. The van der Waals surface area contributed by atoms with E-state index in [1.165, 1.54) is 22.7 Å². The molecule has 108 valence electrons. The fourth-order valence-corrected chi connectivity index (χ4v) is 2.94. The highest BCUT2D eigenvalue weighted by atomic mass is 32.1. The monoisotopic (exact) mass is 319 g/mol. The minimum atomic E-state index is -0.292. The molecule has 0 aliphatic rings. The Kier molecular flexibility index (Phi) is 5.09. The van der Waals surface area contributed by atoms with Crippen LogP contribution in [0.1, 0.15) is 27.0 Å². The molecular weight excluding hydrogens is 306 g/mol. The van der Waals surface area contributed by atoms with Gasteiger partial charge in [-0.3, -0.25) is 9.59 Å². The molecule has 1 atom stereocenters. The summed E-state index contributed by atoms with van der Waals surface area (Å²) in [5, 5.41) is 18.2. The van der Waals surface area contributed by atoms with Gasteiger partial charge in [0.1, 0.15) is 5.00 Å². The maximum absolute atomic E-state index is 12.1. The first-order chi connectivity index (χ1) is 10.1. The molecule has 2 rings (SSSR count). The second-order valence-corrected chi connectivity index (χ2v) is 6.20. The summed E-state index contributed by atoms with van der Waals surface area (Å²) in [6.45, 7) is 2.01. The van der Waals surface area contributed by atoms with Crippen LogP contribution in [0.2, 0.25) is 0 Å². The van der Waals surface area contributed by atoms with Gasteiger partial charge in [-0.25, -0.2) is 0 Å². The molecule has 0 aliphatic heterocycles. The van der Waals surface area contributed by atoms with Crippen LogP contribution in [-0.2, 0) is 0 Å². The molecular formula is C14H13N3O2S2. The molecule has 0 fully saturated rings. The Morgan fingerprint density at radius 3 is 2.76 bits per heavy atom. The fourth-order valence-electron chi connectivity index (χ4n) is 1.54. The number of nitriles is 1. The van der Waals surface area contributed by atoms with Gasteiger partial charge >= 0.3 is 0 Å². The number of carbonyl (C=O) groups is 2. The van der Waals surface area contributed by atoms with Crippen LogP contribution in [0.4, 0.5) is 5.00 Å². The smallest absolute Gasteiger partial charge is 0.266 e. The Bertz CT molecular complexity index is 671. The van der Waals surface area contributed by atoms with E-state index in [9.17, 15) is 9.59 Å². The van der Waals surface area contributed by atoms with E-state index >= 15 is 0 Å². The number of hydrogen-bond donors (Lipinski definition) is 2. The van der Waals surface area contributed by atoms with Crippen molar-refractivity contribution in [1.82, 2.24) is 5.32 Å². The van der Waals surface area contributed by atoms with Crippen molar-refractivity contribution in [3.05, 3.63) is 39.4 Å². The number of thiophene rings is 2. The standard InChI is InChI=1S/C14H13N3O2S2/c1-9(7-15)8-16-12(18)10-4-6-21-14(10)17-13(19)11-3-2-5-20-11/h2-6,9H,8H2,1H3,(H,16,18)(H,17,19)/t9-/m0/s1. The lowest BCUT2D eigenvalue weighted by Gasteiger charge is -2.07. The van der Waals surface area contributed by atoms with Crippen LogP contribution in [0.3, 0.4) is 0 Å². The van der Waals surface area contributed by atoms with E-state index in [4.69, 9.17) is 5.26 Å². The SMILES string of the molecule is C[C@@H](C#N)CNC(=O)c1ccsc1NC(=O)c1cccs1. The van der Waals surface area contributed by atoms with Gasteiger partial charge in [-0.05, 0) is 29.8 Å². The molecule has 2 amide bonds. The van der Waals surface area contributed by atoms with Crippen molar-refractivity contribution in [3.63, 3.8) is 0 Å². The second-order valence-electron chi connectivity index (χ2n) is 4.33. The average Bonchev–Trinajstić information content (AvgIpc) is 3.15. The Morgan fingerprint density at radius 1 is 1.29 bits per heavy atom. The van der Waals surface area contributed by atoms with Gasteiger partial charge in [0.15, 0.2) is 0 Å². The summed E-state index contributed by atoms with van der Waals surface area (Å²) in [4.78, 5) is 24.6. The number of amides is 2. The van der Waals surface area contributed by atoms with Gasteiger partial charge in [0.2, 0.25) is 0 Å². The number of nitrogens with one attached hydrogen (secondary N) is 2. The lowest BCUT2D eigenvalue weighted by Crippen LogP contribution is -2.28. The molecule has 0 aromatic carbocycles. The van der Waals surface area contributed by atoms with Crippen LogP contribution in [-0.4, -0.2) is 18.4 Å². The topological polar surface area (TPSA) is 82.0 Å². The number of rotatable bonds is 5. The molecule has 2 aromatic heterocycles. The minimum Gasteiger partial charge on any atom is -0.351 e. The third-order valence-electron chi connectivity index (χ3n) is 2.67. The van der Waals surface area contributed by atoms with Gasteiger partial charge < -0.3 is 10.6 Å². The fraction of sp³-hybridized carbons (Fsp3) is 0.214. The van der Waals surface area contributed by atoms with Crippen molar-refractivity contribution in [2.75, 3.05) is 11.9 Å².